The van der Waals surface area contributed by atoms with E-state index in [-0.39, 0.29) is 28.8 Å². The fourth-order valence-electron chi connectivity index (χ4n) is 3.80. The topological polar surface area (TPSA) is 105 Å². The van der Waals surface area contributed by atoms with Crippen molar-refractivity contribution in [2.75, 3.05) is 32.1 Å². The maximum Gasteiger partial charge on any atom is 0.264 e. The first-order chi connectivity index (χ1) is 18.1. The summed E-state index contributed by atoms with van der Waals surface area (Å²) in [6.07, 6.45) is 0. The van der Waals surface area contributed by atoms with Gasteiger partial charge in [0.1, 0.15) is 24.1 Å². The second-order valence-corrected chi connectivity index (χ2v) is 11.1. The van der Waals surface area contributed by atoms with Crippen LogP contribution >= 0.6 is 15.9 Å². The molecule has 1 N–H and O–H groups in total. The van der Waals surface area contributed by atoms with Gasteiger partial charge in [-0.2, -0.15) is 0 Å². The van der Waals surface area contributed by atoms with Crippen molar-refractivity contribution >= 4 is 43.5 Å². The number of amides is 2. The van der Waals surface area contributed by atoms with Crippen molar-refractivity contribution in [3.8, 4) is 11.5 Å². The van der Waals surface area contributed by atoms with Crippen LogP contribution in [-0.2, 0) is 26.2 Å². The summed E-state index contributed by atoms with van der Waals surface area (Å²) in [5, 5.41) is 2.56. The second kappa shape index (κ2) is 12.8. The number of hydrogen-bond acceptors (Lipinski definition) is 6. The van der Waals surface area contributed by atoms with Crippen molar-refractivity contribution < 1.29 is 27.5 Å². The third kappa shape index (κ3) is 6.65. The third-order valence-corrected chi connectivity index (χ3v) is 8.25. The molecule has 3 aromatic rings. The van der Waals surface area contributed by atoms with Gasteiger partial charge in [-0.1, -0.05) is 46.3 Å². The molecule has 0 fully saturated rings. The molecule has 0 saturated heterocycles. The largest absolute Gasteiger partial charge is 0.497 e. The Morgan fingerprint density at radius 3 is 2.21 bits per heavy atom. The van der Waals surface area contributed by atoms with E-state index in [9.17, 15) is 18.0 Å². The zero-order chi connectivity index (χ0) is 27.9. The summed E-state index contributed by atoms with van der Waals surface area (Å²) in [6.45, 7) is 1.10. The number of halogens is 1. The molecule has 0 bridgehead atoms. The highest BCUT2D eigenvalue weighted by Gasteiger charge is 2.33. The van der Waals surface area contributed by atoms with Crippen molar-refractivity contribution in [3.63, 3.8) is 0 Å². The minimum Gasteiger partial charge on any atom is -0.497 e. The van der Waals surface area contributed by atoms with Gasteiger partial charge in [0.15, 0.2) is 0 Å². The zero-order valence-electron chi connectivity index (χ0n) is 21.5. The molecule has 3 aromatic carbocycles. The molecule has 202 valence electrons. The summed E-state index contributed by atoms with van der Waals surface area (Å²) in [5.41, 5.74) is 0.897. The van der Waals surface area contributed by atoms with Crippen LogP contribution in [0.1, 0.15) is 12.5 Å². The molecule has 0 aromatic heterocycles. The van der Waals surface area contributed by atoms with Crippen LogP contribution < -0.4 is 19.1 Å². The van der Waals surface area contributed by atoms with E-state index in [1.165, 1.54) is 44.4 Å². The predicted molar refractivity (Wildman–Crippen MR) is 149 cm³/mol. The summed E-state index contributed by atoms with van der Waals surface area (Å²) in [4.78, 5) is 27.8. The standard InChI is InChI=1S/C27H30BrN3O6S/c1-19(27(33)29-2)30(17-20-10-12-21(28)13-11-20)26(32)18-31(38(34,35)23-8-6-5-7-9-23)24-16-22(36-3)14-15-25(24)37-4/h5-16,19H,17-18H2,1-4H3,(H,29,33). The van der Waals surface area contributed by atoms with Crippen LogP contribution in [0.15, 0.2) is 82.2 Å². The van der Waals surface area contributed by atoms with E-state index in [1.54, 1.807) is 37.3 Å². The highest BCUT2D eigenvalue weighted by molar-refractivity contribution is 9.10. The number of nitrogens with one attached hydrogen (secondary N) is 1. The van der Waals surface area contributed by atoms with E-state index in [1.807, 2.05) is 24.3 Å². The minimum atomic E-state index is -4.23. The van der Waals surface area contributed by atoms with Gasteiger partial charge in [-0.15, -0.1) is 0 Å². The van der Waals surface area contributed by atoms with Crippen molar-refractivity contribution in [2.45, 2.75) is 24.4 Å². The number of nitrogens with zero attached hydrogens (tertiary/aromatic N) is 2. The number of benzene rings is 3. The molecular weight excluding hydrogens is 574 g/mol. The van der Waals surface area contributed by atoms with Crippen LogP contribution in [0.2, 0.25) is 0 Å². The third-order valence-electron chi connectivity index (χ3n) is 5.94. The number of rotatable bonds is 11. The zero-order valence-corrected chi connectivity index (χ0v) is 24.0. The lowest BCUT2D eigenvalue weighted by Crippen LogP contribution is -2.50. The molecule has 11 heteroatoms. The Kier molecular flexibility index (Phi) is 9.76. The first-order valence-corrected chi connectivity index (χ1v) is 13.9. The maximum atomic E-state index is 13.9. The molecule has 2 amide bonds. The van der Waals surface area contributed by atoms with E-state index < -0.39 is 28.5 Å². The maximum absolute atomic E-state index is 13.9. The molecule has 1 unspecified atom stereocenters. The highest BCUT2D eigenvalue weighted by atomic mass is 79.9. The first kappa shape index (κ1) is 29.0. The average Bonchev–Trinajstić information content (AvgIpc) is 2.94. The number of anilines is 1. The molecule has 38 heavy (non-hydrogen) atoms. The Hall–Kier alpha value is -3.57. The van der Waals surface area contributed by atoms with Crippen LogP contribution in [0, 0.1) is 0 Å². The average molecular weight is 605 g/mol. The number of methoxy groups -OCH3 is 2. The Labute approximate surface area is 231 Å². The van der Waals surface area contributed by atoms with Crippen LogP contribution in [0.3, 0.4) is 0 Å². The predicted octanol–water partition coefficient (Wildman–Crippen LogP) is 3.82. The Morgan fingerprint density at radius 2 is 1.63 bits per heavy atom. The van der Waals surface area contributed by atoms with Crippen molar-refractivity contribution in [3.05, 3.63) is 82.8 Å². The van der Waals surface area contributed by atoms with E-state index in [4.69, 9.17) is 9.47 Å². The van der Waals surface area contributed by atoms with Gasteiger partial charge in [0.25, 0.3) is 10.0 Å². The second-order valence-electron chi connectivity index (χ2n) is 8.30. The molecular formula is C27H30BrN3O6S. The molecule has 0 heterocycles. The lowest BCUT2D eigenvalue weighted by Gasteiger charge is -2.32. The summed E-state index contributed by atoms with van der Waals surface area (Å²) in [5.74, 6) is -0.343. The Bertz CT molecular complexity index is 1370. The smallest absolute Gasteiger partial charge is 0.264 e. The van der Waals surface area contributed by atoms with Gasteiger partial charge in [-0.05, 0) is 48.9 Å². The molecule has 1 atom stereocenters. The number of carbonyl (C=O) groups excluding carboxylic acids is 2. The number of hydrogen-bond donors (Lipinski definition) is 1. The number of ether oxygens (including phenoxy) is 2. The monoisotopic (exact) mass is 603 g/mol. The first-order valence-electron chi connectivity index (χ1n) is 11.7. The van der Waals surface area contributed by atoms with E-state index >= 15 is 0 Å². The molecule has 0 aliphatic heterocycles. The summed E-state index contributed by atoms with van der Waals surface area (Å²) < 4.78 is 40.4. The minimum absolute atomic E-state index is 0.00326. The number of likely N-dealkylation sites (N-methyl/N-ethyl adjacent to an activating group) is 1. The number of carbonyl (C=O) groups is 2. The van der Waals surface area contributed by atoms with Crippen molar-refractivity contribution in [2.24, 2.45) is 0 Å². The fraction of sp³-hybridized carbons (Fsp3) is 0.259. The quantitative estimate of drug-likeness (QED) is 0.357. The molecule has 9 nitrogen and oxygen atoms in total. The van der Waals surface area contributed by atoms with Crippen LogP contribution in [0.4, 0.5) is 5.69 Å². The van der Waals surface area contributed by atoms with E-state index in [0.29, 0.717) is 5.75 Å². The Balaban J connectivity index is 2.10. The van der Waals surface area contributed by atoms with Gasteiger partial charge in [0.2, 0.25) is 11.8 Å². The van der Waals surface area contributed by atoms with Gasteiger partial charge < -0.3 is 19.7 Å². The van der Waals surface area contributed by atoms with Crippen molar-refractivity contribution in [1.29, 1.82) is 0 Å². The molecule has 0 radical (unpaired) electrons. The SMILES string of the molecule is CNC(=O)C(C)N(Cc1ccc(Br)cc1)C(=O)CN(c1cc(OC)ccc1OC)S(=O)(=O)c1ccccc1. The highest BCUT2D eigenvalue weighted by Crippen LogP contribution is 2.36. The van der Waals surface area contributed by atoms with E-state index in [0.717, 1.165) is 14.3 Å². The van der Waals surface area contributed by atoms with E-state index in [2.05, 4.69) is 21.2 Å². The lowest BCUT2D eigenvalue weighted by atomic mass is 10.1. The van der Waals surface area contributed by atoms with Gasteiger partial charge in [0, 0.05) is 24.1 Å². The molecule has 3 rings (SSSR count). The number of sulfonamides is 1. The van der Waals surface area contributed by atoms with Gasteiger partial charge in [-0.3, -0.25) is 13.9 Å². The lowest BCUT2D eigenvalue weighted by molar-refractivity contribution is -0.139. The summed E-state index contributed by atoms with van der Waals surface area (Å²) in [6, 6.07) is 18.9. The van der Waals surface area contributed by atoms with Crippen LogP contribution in [0.25, 0.3) is 0 Å². The van der Waals surface area contributed by atoms with Crippen LogP contribution in [0.5, 0.6) is 11.5 Å². The van der Waals surface area contributed by atoms with Crippen LogP contribution in [-0.4, -0.2) is 59.0 Å². The molecule has 0 saturated carbocycles. The molecule has 0 spiro atoms. The summed E-state index contributed by atoms with van der Waals surface area (Å²) in [7, 11) is 0.121. The Morgan fingerprint density at radius 1 is 0.974 bits per heavy atom. The van der Waals surface area contributed by atoms with Crippen molar-refractivity contribution in [1.82, 2.24) is 10.2 Å². The fourth-order valence-corrected chi connectivity index (χ4v) is 5.50. The van der Waals surface area contributed by atoms with Gasteiger partial charge >= 0.3 is 0 Å². The molecule has 0 aliphatic carbocycles. The van der Waals surface area contributed by atoms with Gasteiger partial charge in [-0.25, -0.2) is 8.42 Å². The normalized spacial score (nSPS) is 11.8. The molecule has 0 aliphatic rings. The summed E-state index contributed by atoms with van der Waals surface area (Å²) >= 11 is 3.39. The van der Waals surface area contributed by atoms with Gasteiger partial charge in [0.05, 0.1) is 24.8 Å².